The van der Waals surface area contributed by atoms with E-state index in [4.69, 9.17) is 0 Å². The van der Waals surface area contributed by atoms with Gasteiger partial charge in [-0.2, -0.15) is 0 Å². The molecule has 15 heavy (non-hydrogen) atoms. The van der Waals surface area contributed by atoms with Crippen molar-refractivity contribution in [2.24, 2.45) is 5.92 Å². The van der Waals surface area contributed by atoms with E-state index in [0.717, 1.165) is 25.9 Å². The highest BCUT2D eigenvalue weighted by molar-refractivity contribution is 4.92. The van der Waals surface area contributed by atoms with Gasteiger partial charge in [0.15, 0.2) is 0 Å². The second kappa shape index (κ2) is 5.80. The Labute approximate surface area is 91.5 Å². The molecule has 4 atom stereocenters. The number of piperidine rings is 1. The van der Waals surface area contributed by atoms with Gasteiger partial charge in [0.1, 0.15) is 0 Å². The summed E-state index contributed by atoms with van der Waals surface area (Å²) in [6, 6.07) is -0.303. The maximum atomic E-state index is 9.83. The molecule has 1 saturated heterocycles. The molecule has 0 unspecified atom stereocenters. The smallest absolute Gasteiger partial charge is 0.0979 e. The predicted molar refractivity (Wildman–Crippen MR) is 58.5 cm³/mol. The molecule has 0 spiro atoms. The lowest BCUT2D eigenvalue weighted by atomic mass is 9.88. The SMILES string of the molecule is CCCCN1C[C@H](C)[C@@H](O)[C@H](O)[C@H]1CO. The Bertz CT molecular complexity index is 189. The third-order valence-electron chi connectivity index (χ3n) is 3.30. The van der Waals surface area contributed by atoms with Crippen LogP contribution in [0, 0.1) is 5.92 Å². The number of aliphatic hydroxyl groups is 3. The molecule has 1 aliphatic rings. The summed E-state index contributed by atoms with van der Waals surface area (Å²) in [5.41, 5.74) is 0. The number of rotatable bonds is 4. The maximum absolute atomic E-state index is 9.83. The van der Waals surface area contributed by atoms with Crippen molar-refractivity contribution in [2.75, 3.05) is 19.7 Å². The molecule has 4 heteroatoms. The largest absolute Gasteiger partial charge is 0.395 e. The van der Waals surface area contributed by atoms with Gasteiger partial charge in [-0.15, -0.1) is 0 Å². The first-order chi connectivity index (χ1) is 7.11. The summed E-state index contributed by atoms with van der Waals surface area (Å²) in [5, 5.41) is 28.8. The standard InChI is InChI=1S/C11H23NO3/c1-3-4-5-12-6-8(2)10(14)11(15)9(12)7-13/h8-11,13-15H,3-7H2,1-2H3/t8-,9+,10+,11+/m0/s1. The van der Waals surface area contributed by atoms with Gasteiger partial charge in [-0.05, 0) is 18.9 Å². The minimum atomic E-state index is -0.824. The lowest BCUT2D eigenvalue weighted by Gasteiger charge is -2.44. The fourth-order valence-corrected chi connectivity index (χ4v) is 2.24. The van der Waals surface area contributed by atoms with Crippen molar-refractivity contribution in [3.05, 3.63) is 0 Å². The van der Waals surface area contributed by atoms with E-state index in [-0.39, 0.29) is 18.6 Å². The number of hydrogen-bond acceptors (Lipinski definition) is 4. The second-order valence-electron chi connectivity index (χ2n) is 4.56. The lowest BCUT2D eigenvalue weighted by molar-refractivity contribution is -0.114. The van der Waals surface area contributed by atoms with E-state index in [9.17, 15) is 15.3 Å². The van der Waals surface area contributed by atoms with Crippen LogP contribution in [0.1, 0.15) is 26.7 Å². The minimum Gasteiger partial charge on any atom is -0.395 e. The number of unbranched alkanes of at least 4 members (excludes halogenated alkanes) is 1. The van der Waals surface area contributed by atoms with Crippen LogP contribution < -0.4 is 0 Å². The molecule has 1 rings (SSSR count). The predicted octanol–water partition coefficient (Wildman–Crippen LogP) is -0.179. The normalized spacial score (nSPS) is 38.2. The fraction of sp³-hybridized carbons (Fsp3) is 1.00. The summed E-state index contributed by atoms with van der Waals surface area (Å²) < 4.78 is 0. The number of aliphatic hydroxyl groups excluding tert-OH is 3. The molecular formula is C11H23NO3. The van der Waals surface area contributed by atoms with Crippen LogP contribution in [0.4, 0.5) is 0 Å². The number of nitrogens with zero attached hydrogens (tertiary/aromatic N) is 1. The minimum absolute atomic E-state index is 0.0691. The van der Waals surface area contributed by atoms with Gasteiger partial charge in [-0.3, -0.25) is 4.90 Å². The van der Waals surface area contributed by atoms with Gasteiger partial charge >= 0.3 is 0 Å². The molecule has 0 saturated carbocycles. The molecule has 0 amide bonds. The quantitative estimate of drug-likeness (QED) is 0.611. The lowest BCUT2D eigenvalue weighted by Crippen LogP contribution is -2.59. The molecular weight excluding hydrogens is 194 g/mol. The molecule has 4 nitrogen and oxygen atoms in total. The zero-order valence-electron chi connectivity index (χ0n) is 9.63. The molecule has 90 valence electrons. The third kappa shape index (κ3) is 2.91. The van der Waals surface area contributed by atoms with E-state index in [1.165, 1.54) is 0 Å². The van der Waals surface area contributed by atoms with Gasteiger partial charge < -0.3 is 15.3 Å². The zero-order chi connectivity index (χ0) is 11.4. The fourth-order valence-electron chi connectivity index (χ4n) is 2.24. The molecule has 1 heterocycles. The summed E-state index contributed by atoms with van der Waals surface area (Å²) in [5.74, 6) is 0.0691. The Morgan fingerprint density at radius 2 is 1.93 bits per heavy atom. The highest BCUT2D eigenvalue weighted by Crippen LogP contribution is 2.23. The first kappa shape index (κ1) is 12.9. The van der Waals surface area contributed by atoms with Crippen LogP contribution in [0.3, 0.4) is 0 Å². The Kier molecular flexibility index (Phi) is 4.99. The molecule has 0 bridgehead atoms. The van der Waals surface area contributed by atoms with Crippen LogP contribution >= 0.6 is 0 Å². The summed E-state index contributed by atoms with van der Waals surface area (Å²) in [7, 11) is 0. The van der Waals surface area contributed by atoms with Crippen LogP contribution in [0.15, 0.2) is 0 Å². The average Bonchev–Trinajstić information content (AvgIpc) is 2.23. The van der Waals surface area contributed by atoms with Crippen LogP contribution in [0.25, 0.3) is 0 Å². The van der Waals surface area contributed by atoms with Crippen molar-refractivity contribution >= 4 is 0 Å². The molecule has 3 N–H and O–H groups in total. The Morgan fingerprint density at radius 1 is 1.27 bits per heavy atom. The van der Waals surface area contributed by atoms with Gasteiger partial charge in [0.25, 0.3) is 0 Å². The monoisotopic (exact) mass is 217 g/mol. The van der Waals surface area contributed by atoms with Gasteiger partial charge in [-0.1, -0.05) is 20.3 Å². The first-order valence-electron chi connectivity index (χ1n) is 5.82. The number of hydrogen-bond donors (Lipinski definition) is 3. The first-order valence-corrected chi connectivity index (χ1v) is 5.82. The van der Waals surface area contributed by atoms with Crippen molar-refractivity contribution in [3.8, 4) is 0 Å². The summed E-state index contributed by atoms with van der Waals surface area (Å²) in [6.07, 6.45) is 0.629. The highest BCUT2D eigenvalue weighted by atomic mass is 16.3. The molecule has 0 aromatic carbocycles. The van der Waals surface area contributed by atoms with Crippen molar-refractivity contribution in [2.45, 2.75) is 44.9 Å². The third-order valence-corrected chi connectivity index (χ3v) is 3.30. The Morgan fingerprint density at radius 3 is 2.47 bits per heavy atom. The van der Waals surface area contributed by atoms with Crippen LogP contribution in [-0.2, 0) is 0 Å². The Hall–Kier alpha value is -0.160. The van der Waals surface area contributed by atoms with Crippen molar-refractivity contribution in [1.29, 1.82) is 0 Å². The molecule has 0 radical (unpaired) electrons. The number of likely N-dealkylation sites (tertiary alicyclic amines) is 1. The van der Waals surface area contributed by atoms with Gasteiger partial charge in [0.2, 0.25) is 0 Å². The van der Waals surface area contributed by atoms with E-state index < -0.39 is 12.2 Å². The molecule has 0 aliphatic carbocycles. The van der Waals surface area contributed by atoms with E-state index >= 15 is 0 Å². The highest BCUT2D eigenvalue weighted by Gasteiger charge is 2.39. The van der Waals surface area contributed by atoms with Gasteiger partial charge in [0, 0.05) is 6.54 Å². The van der Waals surface area contributed by atoms with E-state index in [0.29, 0.717) is 0 Å². The molecule has 0 aromatic heterocycles. The van der Waals surface area contributed by atoms with Gasteiger partial charge in [-0.25, -0.2) is 0 Å². The zero-order valence-corrected chi connectivity index (χ0v) is 9.63. The van der Waals surface area contributed by atoms with Gasteiger partial charge in [0.05, 0.1) is 24.9 Å². The topological polar surface area (TPSA) is 63.9 Å². The molecule has 0 aromatic rings. The maximum Gasteiger partial charge on any atom is 0.0979 e. The van der Waals surface area contributed by atoms with Crippen molar-refractivity contribution in [1.82, 2.24) is 4.90 Å². The van der Waals surface area contributed by atoms with Crippen molar-refractivity contribution in [3.63, 3.8) is 0 Å². The van der Waals surface area contributed by atoms with Crippen LogP contribution in [0.2, 0.25) is 0 Å². The second-order valence-corrected chi connectivity index (χ2v) is 4.56. The van der Waals surface area contributed by atoms with E-state index in [2.05, 4.69) is 11.8 Å². The van der Waals surface area contributed by atoms with Crippen LogP contribution in [-0.4, -0.2) is 58.2 Å². The summed E-state index contributed by atoms with van der Waals surface area (Å²) >= 11 is 0. The molecule has 1 aliphatic heterocycles. The average molecular weight is 217 g/mol. The van der Waals surface area contributed by atoms with E-state index in [1.54, 1.807) is 0 Å². The van der Waals surface area contributed by atoms with E-state index in [1.807, 2.05) is 6.92 Å². The van der Waals surface area contributed by atoms with Crippen LogP contribution in [0.5, 0.6) is 0 Å². The van der Waals surface area contributed by atoms with Crippen molar-refractivity contribution < 1.29 is 15.3 Å². The molecule has 1 fully saturated rings. The summed E-state index contributed by atoms with van der Waals surface area (Å²) in [4.78, 5) is 2.09. The summed E-state index contributed by atoms with van der Waals surface area (Å²) in [6.45, 7) is 5.60. The Balaban J connectivity index is 2.60.